The number of hydrogen-bond donors (Lipinski definition) is 2. The molecule has 0 aliphatic heterocycles. The summed E-state index contributed by atoms with van der Waals surface area (Å²) in [6.45, 7) is 2.03. The quantitative estimate of drug-likeness (QED) is 0.757. The molecule has 0 bridgehead atoms. The summed E-state index contributed by atoms with van der Waals surface area (Å²) in [6.07, 6.45) is 7.63. The van der Waals surface area contributed by atoms with Crippen LogP contribution in [0.4, 0.5) is 4.79 Å². The van der Waals surface area contributed by atoms with Crippen LogP contribution in [0.2, 0.25) is 0 Å². The van der Waals surface area contributed by atoms with Gasteiger partial charge in [0.1, 0.15) is 0 Å². The normalized spacial score (nSPS) is 18.8. The Balaban J connectivity index is 2.64. The van der Waals surface area contributed by atoms with Crippen LogP contribution in [-0.4, -0.2) is 52.6 Å². The van der Waals surface area contributed by atoms with E-state index in [-0.39, 0.29) is 18.5 Å². The summed E-state index contributed by atoms with van der Waals surface area (Å²) in [6, 6.07) is 0.00896. The van der Waals surface area contributed by atoms with Crippen molar-refractivity contribution in [1.29, 1.82) is 0 Å². The summed E-state index contributed by atoms with van der Waals surface area (Å²) in [7, 11) is 1.79. The Morgan fingerprint density at radius 3 is 2.48 bits per heavy atom. The molecule has 0 saturated heterocycles. The number of nitrogens with zero attached hydrogens (tertiary/aromatic N) is 1. The molecule has 2 amide bonds. The van der Waals surface area contributed by atoms with Crippen molar-refractivity contribution in [3.05, 3.63) is 0 Å². The van der Waals surface area contributed by atoms with Crippen molar-refractivity contribution >= 4 is 23.8 Å². The van der Waals surface area contributed by atoms with Crippen molar-refractivity contribution in [3.8, 4) is 0 Å². The molecule has 0 spiro atoms. The van der Waals surface area contributed by atoms with E-state index in [4.69, 9.17) is 5.11 Å². The Hall–Kier alpha value is -0.910. The first-order chi connectivity index (χ1) is 9.90. The Morgan fingerprint density at radius 1 is 1.33 bits per heavy atom. The van der Waals surface area contributed by atoms with Crippen LogP contribution in [-0.2, 0) is 4.79 Å². The third-order valence-corrected chi connectivity index (χ3v) is 5.04. The second-order valence-electron chi connectivity index (χ2n) is 6.08. The molecule has 0 aromatic rings. The molecule has 21 heavy (non-hydrogen) atoms. The molecule has 0 radical (unpaired) electrons. The molecule has 6 heteroatoms. The van der Waals surface area contributed by atoms with E-state index in [0.29, 0.717) is 0 Å². The molecular formula is C15H28N2O3S. The highest BCUT2D eigenvalue weighted by molar-refractivity contribution is 7.98. The number of aliphatic carboxylic acids is 1. The maximum absolute atomic E-state index is 12.4. The summed E-state index contributed by atoms with van der Waals surface area (Å²) in [5.74, 6) is 0.175. The zero-order chi connectivity index (χ0) is 15.9. The van der Waals surface area contributed by atoms with Gasteiger partial charge in [-0.15, -0.1) is 0 Å². The average molecular weight is 316 g/mol. The van der Waals surface area contributed by atoms with Crippen molar-refractivity contribution in [2.75, 3.05) is 19.1 Å². The van der Waals surface area contributed by atoms with Gasteiger partial charge in [-0.3, -0.25) is 4.79 Å². The van der Waals surface area contributed by atoms with Crippen molar-refractivity contribution in [2.24, 2.45) is 0 Å². The highest BCUT2D eigenvalue weighted by atomic mass is 32.2. The maximum atomic E-state index is 12.4. The zero-order valence-electron chi connectivity index (χ0n) is 13.4. The minimum absolute atomic E-state index is 0.0196. The summed E-state index contributed by atoms with van der Waals surface area (Å²) < 4.78 is 0. The average Bonchev–Trinajstić information content (AvgIpc) is 2.43. The van der Waals surface area contributed by atoms with Gasteiger partial charge in [0.2, 0.25) is 0 Å². The molecule has 1 rings (SSSR count). The molecule has 1 aliphatic rings. The van der Waals surface area contributed by atoms with Gasteiger partial charge in [-0.1, -0.05) is 19.3 Å². The lowest BCUT2D eigenvalue weighted by molar-refractivity contribution is -0.139. The Kier molecular flexibility index (Phi) is 7.35. The molecule has 1 aliphatic carbocycles. The second kappa shape index (κ2) is 8.51. The Morgan fingerprint density at radius 2 is 1.95 bits per heavy atom. The molecule has 122 valence electrons. The van der Waals surface area contributed by atoms with Gasteiger partial charge >= 0.3 is 12.0 Å². The summed E-state index contributed by atoms with van der Waals surface area (Å²) in [4.78, 5) is 25.3. The maximum Gasteiger partial charge on any atom is 0.317 e. The molecule has 0 aromatic carbocycles. The van der Waals surface area contributed by atoms with E-state index in [1.807, 2.05) is 6.92 Å². The number of rotatable bonds is 7. The number of urea groups is 1. The van der Waals surface area contributed by atoms with E-state index in [0.717, 1.165) is 44.3 Å². The minimum Gasteiger partial charge on any atom is -0.481 e. The number of thioether (sulfide) groups is 1. The van der Waals surface area contributed by atoms with E-state index in [1.165, 1.54) is 0 Å². The van der Waals surface area contributed by atoms with Gasteiger partial charge in [-0.2, -0.15) is 11.8 Å². The summed E-state index contributed by atoms with van der Waals surface area (Å²) >= 11 is 1.77. The molecule has 0 heterocycles. The second-order valence-corrected chi connectivity index (χ2v) is 7.07. The van der Waals surface area contributed by atoms with Crippen LogP contribution < -0.4 is 5.32 Å². The lowest BCUT2D eigenvalue weighted by atomic mass is 9.79. The van der Waals surface area contributed by atoms with Crippen molar-refractivity contribution in [2.45, 2.75) is 63.5 Å². The van der Waals surface area contributed by atoms with Crippen LogP contribution in [0.1, 0.15) is 51.9 Å². The van der Waals surface area contributed by atoms with Crippen LogP contribution in [0.25, 0.3) is 0 Å². The van der Waals surface area contributed by atoms with Gasteiger partial charge < -0.3 is 15.3 Å². The van der Waals surface area contributed by atoms with Crippen LogP contribution in [0.15, 0.2) is 0 Å². The first-order valence-corrected chi connectivity index (χ1v) is 9.05. The monoisotopic (exact) mass is 316 g/mol. The van der Waals surface area contributed by atoms with Gasteiger partial charge in [-0.25, -0.2) is 4.79 Å². The summed E-state index contributed by atoms with van der Waals surface area (Å²) in [5.41, 5.74) is -0.561. The molecular weight excluding hydrogens is 288 g/mol. The summed E-state index contributed by atoms with van der Waals surface area (Å²) in [5, 5.41) is 12.2. The number of carboxylic acids is 1. The molecule has 0 aromatic heterocycles. The third-order valence-electron chi connectivity index (χ3n) is 4.39. The number of nitrogens with one attached hydrogen (secondary N) is 1. The van der Waals surface area contributed by atoms with Crippen LogP contribution in [0.3, 0.4) is 0 Å². The van der Waals surface area contributed by atoms with Crippen LogP contribution in [0.5, 0.6) is 0 Å². The van der Waals surface area contributed by atoms with Crippen molar-refractivity contribution in [3.63, 3.8) is 0 Å². The molecule has 1 unspecified atom stereocenters. The van der Waals surface area contributed by atoms with Gasteiger partial charge in [-0.05, 0) is 38.2 Å². The van der Waals surface area contributed by atoms with Gasteiger partial charge in [0.25, 0.3) is 0 Å². The fraction of sp³-hybridized carbons (Fsp3) is 0.867. The Labute approximate surface area is 131 Å². The van der Waals surface area contributed by atoms with Gasteiger partial charge in [0.15, 0.2) is 0 Å². The van der Waals surface area contributed by atoms with E-state index in [2.05, 4.69) is 11.6 Å². The van der Waals surface area contributed by atoms with Crippen molar-refractivity contribution in [1.82, 2.24) is 10.2 Å². The lowest BCUT2D eigenvalue weighted by Gasteiger charge is -2.39. The molecule has 1 saturated carbocycles. The topological polar surface area (TPSA) is 69.6 Å². The van der Waals surface area contributed by atoms with Gasteiger partial charge in [0, 0.05) is 13.1 Å². The SMILES string of the molecule is CSCCC(C)N(C)C(=O)NC1(CC(=O)O)CCCCC1. The highest BCUT2D eigenvalue weighted by Crippen LogP contribution is 2.31. The van der Waals surface area contributed by atoms with E-state index in [9.17, 15) is 9.59 Å². The van der Waals surface area contributed by atoms with E-state index in [1.54, 1.807) is 23.7 Å². The van der Waals surface area contributed by atoms with Crippen LogP contribution in [0, 0.1) is 0 Å². The molecule has 1 atom stereocenters. The first kappa shape index (κ1) is 18.1. The van der Waals surface area contributed by atoms with Gasteiger partial charge in [0.05, 0.1) is 12.0 Å². The fourth-order valence-electron chi connectivity index (χ4n) is 2.86. The third kappa shape index (κ3) is 5.77. The number of carboxylic acid groups (broad SMARTS) is 1. The smallest absolute Gasteiger partial charge is 0.317 e. The van der Waals surface area contributed by atoms with Crippen LogP contribution >= 0.6 is 11.8 Å². The zero-order valence-corrected chi connectivity index (χ0v) is 14.2. The molecule has 5 nitrogen and oxygen atoms in total. The Bertz CT molecular complexity index is 357. The molecule has 2 N–H and O–H groups in total. The lowest BCUT2D eigenvalue weighted by Crippen LogP contribution is -2.55. The minimum atomic E-state index is -0.838. The number of hydrogen-bond acceptors (Lipinski definition) is 3. The van der Waals surface area contributed by atoms with E-state index < -0.39 is 11.5 Å². The first-order valence-electron chi connectivity index (χ1n) is 7.66. The predicted molar refractivity (Wildman–Crippen MR) is 86.8 cm³/mol. The number of amides is 2. The largest absolute Gasteiger partial charge is 0.481 e. The predicted octanol–water partition coefficient (Wildman–Crippen LogP) is 2.95. The fourth-order valence-corrected chi connectivity index (χ4v) is 3.44. The van der Waals surface area contributed by atoms with Crippen molar-refractivity contribution < 1.29 is 14.7 Å². The molecule has 1 fully saturated rings. The highest BCUT2D eigenvalue weighted by Gasteiger charge is 2.36. The standard InChI is InChI=1S/C15H28N2O3S/c1-12(7-10-21-3)17(2)14(20)16-15(11-13(18)19)8-5-4-6-9-15/h12H,4-11H2,1-3H3,(H,16,20)(H,18,19). The number of carbonyl (C=O) groups excluding carboxylic acids is 1. The number of carbonyl (C=O) groups is 2. The van der Waals surface area contributed by atoms with E-state index >= 15 is 0 Å².